The molecule has 0 bridgehead atoms. The number of halogens is 1. The number of azo groups is 1. The molecule has 0 spiro atoms. The van der Waals surface area contributed by atoms with Crippen molar-refractivity contribution in [2.45, 2.75) is 6.42 Å². The average Bonchev–Trinajstić information content (AvgIpc) is 2.63. The molecule has 26 heavy (non-hydrogen) atoms. The first kappa shape index (κ1) is 17.7. The van der Waals surface area contributed by atoms with Gasteiger partial charge in [0.15, 0.2) is 0 Å². The van der Waals surface area contributed by atoms with Gasteiger partial charge in [-0.05, 0) is 41.8 Å². The maximum absolute atomic E-state index is 11.5. The zero-order valence-electron chi connectivity index (χ0n) is 13.8. The van der Waals surface area contributed by atoms with Crippen molar-refractivity contribution in [1.29, 1.82) is 0 Å². The average molecular weight is 369 g/mol. The van der Waals surface area contributed by atoms with Gasteiger partial charge in [-0.15, -0.1) is 16.7 Å². The van der Waals surface area contributed by atoms with Crippen LogP contribution in [0.5, 0.6) is 5.75 Å². The van der Waals surface area contributed by atoms with E-state index in [4.69, 9.17) is 17.3 Å². The lowest BCUT2D eigenvalue weighted by Crippen LogP contribution is -2.11. The van der Waals surface area contributed by atoms with Crippen molar-refractivity contribution in [3.05, 3.63) is 54.6 Å². The molecule has 3 aromatic carbocycles. The number of hydrogen-bond donors (Lipinski definition) is 3. The number of carbonyl (C=O) groups is 1. The molecule has 0 heterocycles. The number of aromatic hydroxyl groups is 1. The van der Waals surface area contributed by atoms with Crippen molar-refractivity contribution < 1.29 is 9.90 Å². The number of hydrogen-bond acceptors (Lipinski definition) is 5. The molecule has 132 valence electrons. The van der Waals surface area contributed by atoms with Crippen LogP contribution in [0.2, 0.25) is 0 Å². The number of nitrogens with zero attached hydrogens (tertiary/aromatic N) is 2. The molecule has 7 heteroatoms. The molecule has 3 rings (SSSR count). The van der Waals surface area contributed by atoms with E-state index in [1.165, 1.54) is 0 Å². The number of carbonyl (C=O) groups excluding carboxylic acids is 1. The van der Waals surface area contributed by atoms with E-state index in [2.05, 4.69) is 15.5 Å². The van der Waals surface area contributed by atoms with Gasteiger partial charge >= 0.3 is 0 Å². The third-order valence-electron chi connectivity index (χ3n) is 3.77. The number of amides is 1. The largest absolute Gasteiger partial charge is 0.507 e. The molecule has 0 aliphatic rings. The molecular weight excluding hydrogens is 352 g/mol. The van der Waals surface area contributed by atoms with Crippen LogP contribution in [0.3, 0.4) is 0 Å². The number of alkyl halides is 1. The quantitative estimate of drug-likeness (QED) is 0.331. The van der Waals surface area contributed by atoms with Crippen LogP contribution in [0, 0.1) is 0 Å². The number of nitrogens with one attached hydrogen (secondary N) is 1. The molecular formula is C19H17ClN4O2. The molecule has 6 nitrogen and oxygen atoms in total. The third kappa shape index (κ3) is 3.92. The Morgan fingerprint density at radius 2 is 1.85 bits per heavy atom. The van der Waals surface area contributed by atoms with Crippen LogP contribution in [0.15, 0.2) is 64.8 Å². The van der Waals surface area contributed by atoms with Gasteiger partial charge in [0, 0.05) is 18.0 Å². The van der Waals surface area contributed by atoms with Gasteiger partial charge in [0.1, 0.15) is 11.4 Å². The first-order chi connectivity index (χ1) is 12.6. The van der Waals surface area contributed by atoms with E-state index < -0.39 is 0 Å². The summed E-state index contributed by atoms with van der Waals surface area (Å²) in [6, 6.07) is 15.7. The minimum absolute atomic E-state index is 0.0982. The minimum atomic E-state index is -0.145. The van der Waals surface area contributed by atoms with Gasteiger partial charge in [-0.3, -0.25) is 4.79 Å². The van der Waals surface area contributed by atoms with Gasteiger partial charge in [-0.25, -0.2) is 0 Å². The maximum Gasteiger partial charge on any atom is 0.225 e. The molecule has 0 atom stereocenters. The van der Waals surface area contributed by atoms with E-state index in [0.29, 0.717) is 28.1 Å². The van der Waals surface area contributed by atoms with Gasteiger partial charge in [-0.2, -0.15) is 5.11 Å². The van der Waals surface area contributed by atoms with Gasteiger partial charge in [0.2, 0.25) is 5.91 Å². The van der Waals surface area contributed by atoms with Gasteiger partial charge in [0.05, 0.1) is 16.8 Å². The van der Waals surface area contributed by atoms with E-state index in [1.807, 2.05) is 12.1 Å². The van der Waals surface area contributed by atoms with Gasteiger partial charge < -0.3 is 16.2 Å². The van der Waals surface area contributed by atoms with Crippen molar-refractivity contribution in [3.8, 4) is 5.75 Å². The number of nitrogen functional groups attached to an aromatic ring is 1. The molecule has 3 aromatic rings. The predicted octanol–water partition coefficient (Wildman–Crippen LogP) is 5.11. The molecule has 0 radical (unpaired) electrons. The van der Waals surface area contributed by atoms with Crippen molar-refractivity contribution in [3.63, 3.8) is 0 Å². The number of rotatable bonds is 5. The van der Waals surface area contributed by atoms with Crippen molar-refractivity contribution >= 4 is 51.0 Å². The molecule has 0 aliphatic carbocycles. The Morgan fingerprint density at radius 3 is 2.58 bits per heavy atom. The fourth-order valence-corrected chi connectivity index (χ4v) is 2.67. The molecule has 4 N–H and O–H groups in total. The fraction of sp³-hybridized carbons (Fsp3) is 0.105. The first-order valence-corrected chi connectivity index (χ1v) is 8.50. The Labute approximate surface area is 155 Å². The summed E-state index contributed by atoms with van der Waals surface area (Å²) in [5.41, 5.74) is 8.09. The maximum atomic E-state index is 11.5. The number of benzene rings is 3. The molecule has 0 unspecified atom stereocenters. The highest BCUT2D eigenvalue weighted by Crippen LogP contribution is 2.38. The summed E-state index contributed by atoms with van der Waals surface area (Å²) in [5, 5.41) is 22.7. The van der Waals surface area contributed by atoms with Crippen molar-refractivity contribution in [1.82, 2.24) is 0 Å². The van der Waals surface area contributed by atoms with Gasteiger partial charge in [-0.1, -0.05) is 18.2 Å². The van der Waals surface area contributed by atoms with Crippen LogP contribution in [0.4, 0.5) is 22.7 Å². The summed E-state index contributed by atoms with van der Waals surface area (Å²) in [7, 11) is 0. The zero-order chi connectivity index (χ0) is 18.5. The van der Waals surface area contributed by atoms with E-state index in [-0.39, 0.29) is 24.0 Å². The first-order valence-electron chi connectivity index (χ1n) is 7.96. The summed E-state index contributed by atoms with van der Waals surface area (Å²) < 4.78 is 0. The summed E-state index contributed by atoms with van der Waals surface area (Å²) in [6.45, 7) is 0. The van der Waals surface area contributed by atoms with Crippen LogP contribution in [0.25, 0.3) is 10.8 Å². The number of fused-ring (bicyclic) bond motifs is 1. The normalized spacial score (nSPS) is 11.1. The summed E-state index contributed by atoms with van der Waals surface area (Å²) in [6.07, 6.45) is 0.257. The Balaban J connectivity index is 1.85. The number of phenols is 1. The number of anilines is 2. The Kier molecular flexibility index (Phi) is 5.34. The number of phenolic OH excluding ortho intramolecular Hbond substituents is 1. The highest BCUT2D eigenvalue weighted by atomic mass is 35.5. The molecule has 1 amide bonds. The lowest BCUT2D eigenvalue weighted by Gasteiger charge is -2.07. The van der Waals surface area contributed by atoms with E-state index in [1.54, 1.807) is 42.5 Å². The molecule has 0 fully saturated rings. The van der Waals surface area contributed by atoms with Crippen molar-refractivity contribution in [2.24, 2.45) is 10.2 Å². The molecule has 0 aromatic heterocycles. The molecule has 0 saturated heterocycles. The van der Waals surface area contributed by atoms with Crippen LogP contribution in [-0.4, -0.2) is 16.9 Å². The second kappa shape index (κ2) is 7.84. The lowest BCUT2D eigenvalue weighted by atomic mass is 10.1. The number of nitrogens with two attached hydrogens (primary N) is 1. The SMILES string of the molecule is Nc1ccc2cccc(O)c2c1N=Nc1ccc(NC(=O)CCCl)cc1. The Bertz CT molecular complexity index is 971. The minimum Gasteiger partial charge on any atom is -0.507 e. The standard InChI is InChI=1S/C19H17ClN4O2/c20-11-10-17(26)22-13-5-7-14(8-6-13)23-24-19-15(21)9-4-12-2-1-3-16(25)18(12)19/h1-9,25H,10-11,21H2,(H,22,26). The second-order valence-corrected chi connectivity index (χ2v) is 5.99. The second-order valence-electron chi connectivity index (χ2n) is 5.61. The van der Waals surface area contributed by atoms with Crippen LogP contribution in [-0.2, 0) is 4.79 Å². The molecule has 0 aliphatic heterocycles. The van der Waals surface area contributed by atoms with Gasteiger partial charge in [0.25, 0.3) is 0 Å². The summed E-state index contributed by atoms with van der Waals surface area (Å²) >= 11 is 5.54. The van der Waals surface area contributed by atoms with Crippen LogP contribution in [0.1, 0.15) is 6.42 Å². The highest BCUT2D eigenvalue weighted by molar-refractivity contribution is 6.19. The summed E-state index contributed by atoms with van der Waals surface area (Å²) in [5.74, 6) is 0.228. The smallest absolute Gasteiger partial charge is 0.225 e. The third-order valence-corrected chi connectivity index (χ3v) is 3.95. The predicted molar refractivity (Wildman–Crippen MR) is 105 cm³/mol. The topological polar surface area (TPSA) is 100 Å². The van der Waals surface area contributed by atoms with E-state index in [0.717, 1.165) is 5.39 Å². The summed E-state index contributed by atoms with van der Waals surface area (Å²) in [4.78, 5) is 11.5. The Morgan fingerprint density at radius 1 is 1.08 bits per heavy atom. The molecule has 0 saturated carbocycles. The monoisotopic (exact) mass is 368 g/mol. The van der Waals surface area contributed by atoms with E-state index in [9.17, 15) is 9.90 Å². The van der Waals surface area contributed by atoms with Crippen LogP contribution < -0.4 is 11.1 Å². The van der Waals surface area contributed by atoms with Crippen molar-refractivity contribution in [2.75, 3.05) is 16.9 Å². The van der Waals surface area contributed by atoms with E-state index >= 15 is 0 Å². The van der Waals surface area contributed by atoms with Crippen LogP contribution >= 0.6 is 11.6 Å². The Hall–Kier alpha value is -3.12. The highest BCUT2D eigenvalue weighted by Gasteiger charge is 2.09. The fourth-order valence-electron chi connectivity index (χ4n) is 2.49. The lowest BCUT2D eigenvalue weighted by molar-refractivity contribution is -0.115. The zero-order valence-corrected chi connectivity index (χ0v) is 14.6.